The quantitative estimate of drug-likeness (QED) is 0.939. The largest absolute Gasteiger partial charge is 0.322 e. The molecule has 126 valence electrons. The normalized spacial score (nSPS) is 20.4. The zero-order valence-corrected chi connectivity index (χ0v) is 14.0. The molecule has 0 spiro atoms. The van der Waals surface area contributed by atoms with Crippen molar-refractivity contribution < 1.29 is 4.79 Å². The lowest BCUT2D eigenvalue weighted by atomic mass is 10.1. The summed E-state index contributed by atoms with van der Waals surface area (Å²) in [7, 11) is 0. The summed E-state index contributed by atoms with van der Waals surface area (Å²) in [6.07, 6.45) is 6.12. The van der Waals surface area contributed by atoms with E-state index >= 15 is 0 Å². The Kier molecular flexibility index (Phi) is 3.96. The number of carbonyl (C=O) groups is 1. The highest BCUT2D eigenvalue weighted by Crippen LogP contribution is 2.40. The van der Waals surface area contributed by atoms with E-state index in [2.05, 4.69) is 33.1 Å². The molecule has 2 heterocycles. The van der Waals surface area contributed by atoms with Gasteiger partial charge in [0.15, 0.2) is 0 Å². The van der Waals surface area contributed by atoms with E-state index in [-0.39, 0.29) is 6.03 Å². The summed E-state index contributed by atoms with van der Waals surface area (Å²) < 4.78 is 2.19. The van der Waals surface area contributed by atoms with E-state index in [1.54, 1.807) is 0 Å². The number of hydrogen-bond donors (Lipinski definition) is 1. The molecule has 1 N–H and O–H groups in total. The van der Waals surface area contributed by atoms with Gasteiger partial charge in [0.05, 0.1) is 6.04 Å². The van der Waals surface area contributed by atoms with Gasteiger partial charge in [-0.25, -0.2) is 4.79 Å². The molecule has 6 nitrogen and oxygen atoms in total. The fraction of sp³-hybridized carbons (Fsp3) is 0.500. The van der Waals surface area contributed by atoms with E-state index in [0.717, 1.165) is 43.0 Å². The van der Waals surface area contributed by atoms with Crippen LogP contribution in [0, 0.1) is 0 Å². The van der Waals surface area contributed by atoms with Crippen molar-refractivity contribution >= 4 is 11.7 Å². The van der Waals surface area contributed by atoms with Crippen molar-refractivity contribution in [3.8, 4) is 0 Å². The number of hydrogen-bond acceptors (Lipinski definition) is 3. The molecule has 1 aliphatic carbocycles. The lowest BCUT2D eigenvalue weighted by molar-refractivity contribution is 0.220. The highest BCUT2D eigenvalue weighted by Gasteiger charge is 2.34. The zero-order chi connectivity index (χ0) is 16.5. The standard InChI is InChI=1S/C18H23N5O/c1-2-13-5-3-4-6-16(13)20-18(24)22-10-9-15(11-22)23-12-19-21-17(23)14-7-8-14/h3-6,12,14-15H,2,7-11H2,1H3,(H,20,24). The minimum atomic E-state index is -0.0144. The molecule has 1 aliphatic heterocycles. The molecule has 1 unspecified atom stereocenters. The van der Waals surface area contributed by atoms with Crippen LogP contribution in [0.5, 0.6) is 0 Å². The Hall–Kier alpha value is -2.37. The van der Waals surface area contributed by atoms with Gasteiger partial charge in [-0.2, -0.15) is 0 Å². The Balaban J connectivity index is 1.42. The summed E-state index contributed by atoms with van der Waals surface area (Å²) in [5.41, 5.74) is 2.08. The van der Waals surface area contributed by atoms with E-state index in [1.165, 1.54) is 12.8 Å². The first-order valence-electron chi connectivity index (χ1n) is 8.79. The summed E-state index contributed by atoms with van der Waals surface area (Å²) >= 11 is 0. The molecule has 1 saturated heterocycles. The number of carbonyl (C=O) groups excluding carboxylic acids is 1. The van der Waals surface area contributed by atoms with E-state index in [4.69, 9.17) is 0 Å². The van der Waals surface area contributed by atoms with Crippen molar-refractivity contribution in [3.63, 3.8) is 0 Å². The number of aryl methyl sites for hydroxylation is 1. The van der Waals surface area contributed by atoms with Gasteiger partial charge in [-0.15, -0.1) is 10.2 Å². The van der Waals surface area contributed by atoms with Crippen LogP contribution in [0.15, 0.2) is 30.6 Å². The fourth-order valence-corrected chi connectivity index (χ4v) is 3.46. The average Bonchev–Trinajstić information content (AvgIpc) is 3.13. The maximum absolute atomic E-state index is 12.6. The lowest BCUT2D eigenvalue weighted by Gasteiger charge is -2.19. The van der Waals surface area contributed by atoms with Crippen LogP contribution in [-0.2, 0) is 6.42 Å². The first-order valence-corrected chi connectivity index (χ1v) is 8.79. The molecule has 2 aromatic rings. The molecule has 1 saturated carbocycles. The molecule has 0 radical (unpaired) electrons. The molecule has 1 atom stereocenters. The summed E-state index contributed by atoms with van der Waals surface area (Å²) in [4.78, 5) is 14.5. The Bertz CT molecular complexity index is 737. The number of nitrogens with zero attached hydrogens (tertiary/aromatic N) is 4. The number of rotatable bonds is 4. The maximum atomic E-state index is 12.6. The summed E-state index contributed by atoms with van der Waals surface area (Å²) in [6, 6.07) is 8.27. The third-order valence-electron chi connectivity index (χ3n) is 5.03. The van der Waals surface area contributed by atoms with Gasteiger partial charge in [0.25, 0.3) is 0 Å². The van der Waals surface area contributed by atoms with Crippen LogP contribution in [0.3, 0.4) is 0 Å². The average molecular weight is 325 g/mol. The predicted octanol–water partition coefficient (Wildman–Crippen LogP) is 3.20. The highest BCUT2D eigenvalue weighted by molar-refractivity contribution is 5.90. The second-order valence-electron chi connectivity index (χ2n) is 6.70. The maximum Gasteiger partial charge on any atom is 0.321 e. The van der Waals surface area contributed by atoms with E-state index in [9.17, 15) is 4.79 Å². The van der Waals surface area contributed by atoms with Gasteiger partial charge in [0.1, 0.15) is 12.2 Å². The van der Waals surface area contributed by atoms with Crippen molar-refractivity contribution in [2.45, 2.75) is 44.6 Å². The van der Waals surface area contributed by atoms with E-state index < -0.39 is 0 Å². The van der Waals surface area contributed by atoms with Gasteiger partial charge >= 0.3 is 6.03 Å². The van der Waals surface area contributed by atoms with Crippen molar-refractivity contribution in [3.05, 3.63) is 42.0 Å². The topological polar surface area (TPSA) is 63.1 Å². The number of anilines is 1. The second-order valence-corrected chi connectivity index (χ2v) is 6.70. The smallest absolute Gasteiger partial charge is 0.321 e. The molecule has 2 aliphatic rings. The van der Waals surface area contributed by atoms with Gasteiger partial charge in [-0.3, -0.25) is 0 Å². The highest BCUT2D eigenvalue weighted by atomic mass is 16.2. The second kappa shape index (κ2) is 6.26. The Morgan fingerprint density at radius 1 is 1.29 bits per heavy atom. The molecular weight excluding hydrogens is 302 g/mol. The van der Waals surface area contributed by atoms with Crippen LogP contribution in [0.1, 0.15) is 49.5 Å². The fourth-order valence-electron chi connectivity index (χ4n) is 3.46. The summed E-state index contributed by atoms with van der Waals surface area (Å²) in [6.45, 7) is 3.59. The Morgan fingerprint density at radius 2 is 2.12 bits per heavy atom. The van der Waals surface area contributed by atoms with E-state index in [0.29, 0.717) is 12.0 Å². The third-order valence-corrected chi connectivity index (χ3v) is 5.03. The molecule has 1 aromatic carbocycles. The number of nitrogens with one attached hydrogen (secondary N) is 1. The number of urea groups is 1. The summed E-state index contributed by atoms with van der Waals surface area (Å²) in [5.74, 6) is 1.67. The van der Waals surface area contributed by atoms with Gasteiger partial charge < -0.3 is 14.8 Å². The molecule has 1 aromatic heterocycles. The van der Waals surface area contributed by atoms with E-state index in [1.807, 2.05) is 29.4 Å². The van der Waals surface area contributed by atoms with Crippen molar-refractivity contribution in [1.29, 1.82) is 0 Å². The van der Waals surface area contributed by atoms with Gasteiger partial charge in [-0.1, -0.05) is 25.1 Å². The minimum Gasteiger partial charge on any atom is -0.322 e. The third kappa shape index (κ3) is 2.88. The lowest BCUT2D eigenvalue weighted by Crippen LogP contribution is -2.33. The van der Waals surface area contributed by atoms with Crippen molar-refractivity contribution in [2.75, 3.05) is 18.4 Å². The van der Waals surface area contributed by atoms with Crippen LogP contribution in [0.25, 0.3) is 0 Å². The zero-order valence-electron chi connectivity index (χ0n) is 14.0. The van der Waals surface area contributed by atoms with Crippen LogP contribution >= 0.6 is 0 Å². The van der Waals surface area contributed by atoms with Crippen LogP contribution in [-0.4, -0.2) is 38.8 Å². The number of amides is 2. The molecule has 2 amide bonds. The molecule has 4 rings (SSSR count). The first kappa shape index (κ1) is 15.2. The Morgan fingerprint density at radius 3 is 2.92 bits per heavy atom. The van der Waals surface area contributed by atoms with Crippen LogP contribution in [0.2, 0.25) is 0 Å². The Labute approximate surface area is 141 Å². The number of likely N-dealkylation sites (tertiary alicyclic amines) is 1. The van der Waals surface area contributed by atoms with Gasteiger partial charge in [0, 0.05) is 24.7 Å². The summed E-state index contributed by atoms with van der Waals surface area (Å²) in [5, 5.41) is 11.4. The number of para-hydroxylation sites is 1. The van der Waals surface area contributed by atoms with Gasteiger partial charge in [0.2, 0.25) is 0 Å². The molecule has 0 bridgehead atoms. The molecule has 6 heteroatoms. The number of benzene rings is 1. The SMILES string of the molecule is CCc1ccccc1NC(=O)N1CCC(n2cnnc2C2CC2)C1. The molecular formula is C18H23N5O. The van der Waals surface area contributed by atoms with Crippen LogP contribution < -0.4 is 5.32 Å². The minimum absolute atomic E-state index is 0.0144. The molecule has 2 fully saturated rings. The first-order chi connectivity index (χ1) is 11.8. The predicted molar refractivity (Wildman–Crippen MR) is 92.1 cm³/mol. The van der Waals surface area contributed by atoms with Crippen molar-refractivity contribution in [1.82, 2.24) is 19.7 Å². The monoisotopic (exact) mass is 325 g/mol. The van der Waals surface area contributed by atoms with Gasteiger partial charge in [-0.05, 0) is 37.3 Å². The number of aromatic nitrogens is 3. The molecule has 24 heavy (non-hydrogen) atoms. The van der Waals surface area contributed by atoms with Crippen LogP contribution in [0.4, 0.5) is 10.5 Å². The van der Waals surface area contributed by atoms with Crippen molar-refractivity contribution in [2.24, 2.45) is 0 Å².